The Bertz CT molecular complexity index is 527. The Morgan fingerprint density at radius 2 is 1.08 bits per heavy atom. The lowest BCUT2D eigenvalue weighted by Gasteiger charge is -2.26. The van der Waals surface area contributed by atoms with Gasteiger partial charge in [-0.1, -0.05) is 6.42 Å². The molecule has 4 unspecified atom stereocenters. The van der Waals surface area contributed by atoms with E-state index in [0.717, 1.165) is 42.9 Å². The van der Waals surface area contributed by atoms with Crippen LogP contribution in [0.5, 0.6) is 0 Å². The molecule has 5 aliphatic heterocycles. The topological polar surface area (TPSA) is 66.6 Å². The number of piperazine rings is 2. The van der Waals surface area contributed by atoms with Crippen LogP contribution in [0.25, 0.3) is 0 Å². The maximum atomic E-state index is 3.46. The van der Waals surface area contributed by atoms with Gasteiger partial charge in [0, 0.05) is 64.4 Å². The van der Waals surface area contributed by atoms with Crippen LogP contribution in [-0.4, -0.2) is 114 Å². The van der Waals surface area contributed by atoms with Crippen molar-refractivity contribution >= 4 is 0 Å². The molecule has 3 saturated carbocycles. The molecule has 0 aromatic heterocycles. The summed E-state index contributed by atoms with van der Waals surface area (Å²) in [6, 6.07) is 1.90. The lowest BCUT2D eigenvalue weighted by Crippen LogP contribution is -2.44. The number of likely N-dealkylation sites (N-methyl/N-ethyl adjacent to an activating group) is 1. The highest BCUT2D eigenvalue weighted by Gasteiger charge is 2.30. The lowest BCUT2D eigenvalue weighted by atomic mass is 10.0. The quantitative estimate of drug-likeness (QED) is 0.364. The Morgan fingerprint density at radius 1 is 0.514 bits per heavy atom. The number of rotatable bonds is 1. The second-order valence-electron chi connectivity index (χ2n) is 12.9. The van der Waals surface area contributed by atoms with Gasteiger partial charge in [-0.2, -0.15) is 0 Å². The molecule has 5 saturated heterocycles. The van der Waals surface area contributed by atoms with Crippen LogP contribution < -0.4 is 26.6 Å². The molecule has 5 heterocycles. The number of nitrogens with one attached hydrogen (secondary N) is 5. The third-order valence-electron chi connectivity index (χ3n) is 9.51. The predicted molar refractivity (Wildman–Crippen MR) is 157 cm³/mol. The van der Waals surface area contributed by atoms with Gasteiger partial charge >= 0.3 is 0 Å². The van der Waals surface area contributed by atoms with Gasteiger partial charge in [-0.15, -0.1) is 0 Å². The van der Waals surface area contributed by atoms with Gasteiger partial charge in [0.2, 0.25) is 0 Å². The second kappa shape index (κ2) is 17.4. The van der Waals surface area contributed by atoms with Crippen LogP contribution in [0.1, 0.15) is 70.6 Å². The molecule has 8 aliphatic rings. The molecule has 7 nitrogen and oxygen atoms in total. The molecule has 216 valence electrons. The van der Waals surface area contributed by atoms with Gasteiger partial charge in [-0.3, -0.25) is 4.90 Å². The molecule has 5 N–H and O–H groups in total. The highest BCUT2D eigenvalue weighted by atomic mass is 15.2. The summed E-state index contributed by atoms with van der Waals surface area (Å²) >= 11 is 0. The van der Waals surface area contributed by atoms with Crippen LogP contribution in [0.15, 0.2) is 0 Å². The Labute approximate surface area is 229 Å². The monoisotopic (exact) mass is 519 g/mol. The Kier molecular flexibility index (Phi) is 14.0. The van der Waals surface area contributed by atoms with Crippen LogP contribution in [0.2, 0.25) is 0 Å². The first-order valence-electron chi connectivity index (χ1n) is 16.2. The average molecular weight is 520 g/mol. The smallest absolute Gasteiger partial charge is 0.0110 e. The van der Waals surface area contributed by atoms with Crippen molar-refractivity contribution in [3.8, 4) is 0 Å². The zero-order valence-electron chi connectivity index (χ0n) is 24.3. The standard InChI is InChI=1S/C7H14N2.C7H13N.C6H11N.C5H12N2.C5H11N/c1-2-7(1)9-5-3-8-4-6-9;1-2-7-3-6(1)4-8-5-7;1-2-6-3-5(1)4-7-6;1-7-4-2-6-3-5-7;1-2-4-6-5-3-1/h7-8H,1-6H2;6-8H,1-5H2;5-7H,1-4H2;6H,2-5H2,1H3;6H,1-5H2. The van der Waals surface area contributed by atoms with Crippen LogP contribution >= 0.6 is 0 Å². The minimum atomic E-state index is 0.921. The van der Waals surface area contributed by atoms with E-state index in [2.05, 4.69) is 43.4 Å². The third-order valence-corrected chi connectivity index (χ3v) is 9.51. The fraction of sp³-hybridized carbons (Fsp3) is 1.00. The van der Waals surface area contributed by atoms with Gasteiger partial charge in [0.15, 0.2) is 0 Å². The van der Waals surface area contributed by atoms with E-state index in [1.54, 1.807) is 0 Å². The highest BCUT2D eigenvalue weighted by molar-refractivity contribution is 4.88. The van der Waals surface area contributed by atoms with E-state index in [4.69, 9.17) is 0 Å². The summed E-state index contributed by atoms with van der Waals surface area (Å²) in [5.74, 6) is 3.16. The Balaban J connectivity index is 0.000000109. The number of fused-ring (bicyclic) bond motifs is 4. The molecule has 4 bridgehead atoms. The van der Waals surface area contributed by atoms with Crippen molar-refractivity contribution in [2.75, 3.05) is 92.1 Å². The van der Waals surface area contributed by atoms with Gasteiger partial charge in [-0.05, 0) is 122 Å². The zero-order chi connectivity index (χ0) is 25.5. The Morgan fingerprint density at radius 3 is 1.41 bits per heavy atom. The van der Waals surface area contributed by atoms with Crippen molar-refractivity contribution in [2.24, 2.45) is 17.8 Å². The van der Waals surface area contributed by atoms with Gasteiger partial charge in [0.05, 0.1) is 0 Å². The second-order valence-corrected chi connectivity index (χ2v) is 12.9. The van der Waals surface area contributed by atoms with Gasteiger partial charge in [-0.25, -0.2) is 0 Å². The van der Waals surface area contributed by atoms with Gasteiger partial charge in [0.25, 0.3) is 0 Å². The molecule has 4 atom stereocenters. The van der Waals surface area contributed by atoms with E-state index in [0.29, 0.717) is 0 Å². The van der Waals surface area contributed by atoms with Crippen molar-refractivity contribution in [2.45, 2.75) is 82.7 Å². The summed E-state index contributed by atoms with van der Waals surface area (Å²) in [5.41, 5.74) is 0. The van der Waals surface area contributed by atoms with Gasteiger partial charge < -0.3 is 31.5 Å². The van der Waals surface area contributed by atoms with Crippen LogP contribution in [0.4, 0.5) is 0 Å². The van der Waals surface area contributed by atoms with Crippen molar-refractivity contribution in [1.82, 2.24) is 36.4 Å². The molecular formula is C30H61N7. The minimum Gasteiger partial charge on any atom is -0.317 e. The molecule has 8 rings (SSSR count). The number of hydrogen-bond acceptors (Lipinski definition) is 7. The first kappa shape index (κ1) is 29.7. The van der Waals surface area contributed by atoms with Crippen LogP contribution in [0.3, 0.4) is 0 Å². The normalized spacial score (nSPS) is 34.9. The van der Waals surface area contributed by atoms with E-state index in [1.165, 1.54) is 143 Å². The average Bonchev–Trinajstić information content (AvgIpc) is 3.44. The van der Waals surface area contributed by atoms with Crippen LogP contribution in [-0.2, 0) is 0 Å². The Hall–Kier alpha value is -0.280. The predicted octanol–water partition coefficient (Wildman–Crippen LogP) is 2.10. The van der Waals surface area contributed by atoms with E-state index in [-0.39, 0.29) is 0 Å². The molecule has 0 aromatic rings. The largest absolute Gasteiger partial charge is 0.317 e. The summed E-state index contributed by atoms with van der Waals surface area (Å²) < 4.78 is 0. The summed E-state index contributed by atoms with van der Waals surface area (Å²) in [4.78, 5) is 4.94. The van der Waals surface area contributed by atoms with E-state index >= 15 is 0 Å². The fourth-order valence-corrected chi connectivity index (χ4v) is 6.89. The molecule has 7 heteroatoms. The summed E-state index contributed by atoms with van der Waals surface area (Å²) in [6.07, 6.45) is 16.1. The number of nitrogens with zero attached hydrogens (tertiary/aromatic N) is 2. The molecule has 0 amide bonds. The zero-order valence-corrected chi connectivity index (χ0v) is 24.3. The number of piperidine rings is 3. The molecule has 8 fully saturated rings. The fourth-order valence-electron chi connectivity index (χ4n) is 6.89. The summed E-state index contributed by atoms with van der Waals surface area (Å²) in [6.45, 7) is 16.1. The molecule has 3 aliphatic carbocycles. The van der Waals surface area contributed by atoms with Gasteiger partial charge in [0.1, 0.15) is 0 Å². The van der Waals surface area contributed by atoms with Crippen LogP contribution in [0, 0.1) is 17.8 Å². The summed E-state index contributed by atoms with van der Waals surface area (Å²) in [7, 11) is 2.15. The molecule has 0 aromatic carbocycles. The molecule has 0 spiro atoms. The molecular weight excluding hydrogens is 458 g/mol. The van der Waals surface area contributed by atoms with E-state index in [9.17, 15) is 0 Å². The maximum Gasteiger partial charge on any atom is 0.0110 e. The third kappa shape index (κ3) is 12.2. The van der Waals surface area contributed by atoms with Crippen molar-refractivity contribution in [3.63, 3.8) is 0 Å². The minimum absolute atomic E-state index is 0.921. The molecule has 0 radical (unpaired) electrons. The maximum absolute atomic E-state index is 3.46. The number of hydrogen-bond donors (Lipinski definition) is 5. The van der Waals surface area contributed by atoms with E-state index in [1.807, 2.05) is 0 Å². The van der Waals surface area contributed by atoms with Crippen molar-refractivity contribution in [1.29, 1.82) is 0 Å². The van der Waals surface area contributed by atoms with Crippen molar-refractivity contribution in [3.05, 3.63) is 0 Å². The first-order chi connectivity index (χ1) is 18.3. The molecule has 37 heavy (non-hydrogen) atoms. The van der Waals surface area contributed by atoms with E-state index < -0.39 is 0 Å². The highest BCUT2D eigenvalue weighted by Crippen LogP contribution is 2.32. The first-order valence-corrected chi connectivity index (χ1v) is 16.2. The SMILES string of the molecule is C1CC2CC1CN2.C1CC2CNCC1C2.C1CCNCC1.C1CN(C2CC2)CCN1.CN1CCNCC1. The lowest BCUT2D eigenvalue weighted by molar-refractivity contribution is 0.231. The summed E-state index contributed by atoms with van der Waals surface area (Å²) in [5, 5.41) is 16.8. The van der Waals surface area contributed by atoms with Crippen molar-refractivity contribution < 1.29 is 0 Å².